The summed E-state index contributed by atoms with van der Waals surface area (Å²) in [5, 5.41) is 0. The van der Waals surface area contributed by atoms with Gasteiger partial charge < -0.3 is 0 Å². The zero-order chi connectivity index (χ0) is 9.72. The molecule has 7 unspecified atom stereocenters. The van der Waals surface area contributed by atoms with Crippen LogP contribution in [0.5, 0.6) is 0 Å². The predicted molar refractivity (Wildman–Crippen MR) is 57.8 cm³/mol. The molecule has 78 valence electrons. The molecule has 1 spiro atoms. The van der Waals surface area contributed by atoms with E-state index in [1.165, 1.54) is 0 Å². The van der Waals surface area contributed by atoms with Crippen LogP contribution in [0.4, 0.5) is 0 Å². The first-order chi connectivity index (χ1) is 6.59. The van der Waals surface area contributed by atoms with Gasteiger partial charge in [-0.25, -0.2) is 0 Å². The maximum Gasteiger partial charge on any atom is -0.0184 e. The second kappa shape index (κ2) is 1.95. The van der Waals surface area contributed by atoms with Crippen molar-refractivity contribution in [2.75, 3.05) is 0 Å². The molecule has 5 fully saturated rings. The van der Waals surface area contributed by atoms with Gasteiger partial charge in [-0.3, -0.25) is 0 Å². The summed E-state index contributed by atoms with van der Waals surface area (Å²) < 4.78 is 0. The van der Waals surface area contributed by atoms with Gasteiger partial charge in [0, 0.05) is 0 Å². The summed E-state index contributed by atoms with van der Waals surface area (Å²) >= 11 is 0. The summed E-state index contributed by atoms with van der Waals surface area (Å²) in [5.41, 5.74) is 1.58. The fourth-order valence-corrected chi connectivity index (χ4v) is 6.59. The zero-order valence-corrected chi connectivity index (χ0v) is 9.72. The van der Waals surface area contributed by atoms with E-state index in [2.05, 4.69) is 20.8 Å². The minimum absolute atomic E-state index is 0.757. The van der Waals surface area contributed by atoms with Crippen LogP contribution in [-0.4, -0.2) is 0 Å². The standard InChI is InChI=1S/C14H22/c1-8-4-11-5-10-6-14(8,11)13(3)7-12(10)9(13)2/h8-12H,4-7H2,1-3H3. The minimum atomic E-state index is 0.757. The van der Waals surface area contributed by atoms with Gasteiger partial charge in [0.25, 0.3) is 0 Å². The average molecular weight is 190 g/mol. The largest absolute Gasteiger partial charge is 0.0619 e. The molecule has 0 heterocycles. The lowest BCUT2D eigenvalue weighted by atomic mass is 9.32. The highest BCUT2D eigenvalue weighted by atomic mass is 14.8. The Hall–Kier alpha value is 0. The Bertz CT molecular complexity index is 305. The Kier molecular flexibility index (Phi) is 1.14. The van der Waals surface area contributed by atoms with Gasteiger partial charge in [0.15, 0.2) is 0 Å². The highest BCUT2D eigenvalue weighted by Gasteiger charge is 2.76. The molecule has 4 bridgehead atoms. The average Bonchev–Trinajstić information content (AvgIpc) is 2.41. The molecule has 5 rings (SSSR count). The predicted octanol–water partition coefficient (Wildman–Crippen LogP) is 3.71. The van der Waals surface area contributed by atoms with Crippen molar-refractivity contribution in [1.82, 2.24) is 0 Å². The van der Waals surface area contributed by atoms with Crippen LogP contribution in [-0.2, 0) is 0 Å². The second-order valence-corrected chi connectivity index (χ2v) is 7.15. The van der Waals surface area contributed by atoms with Gasteiger partial charge in [-0.1, -0.05) is 20.8 Å². The SMILES string of the molecule is CC1C2CC1(C)C13CC2CC1CC3C. The van der Waals surface area contributed by atoms with Crippen LogP contribution in [0.15, 0.2) is 0 Å². The second-order valence-electron chi connectivity index (χ2n) is 7.15. The molecule has 5 aliphatic carbocycles. The van der Waals surface area contributed by atoms with Crippen LogP contribution in [0, 0.1) is 40.4 Å². The lowest BCUT2D eigenvalue weighted by molar-refractivity contribution is -0.242. The Morgan fingerprint density at radius 3 is 2.50 bits per heavy atom. The van der Waals surface area contributed by atoms with E-state index in [9.17, 15) is 0 Å². The van der Waals surface area contributed by atoms with Crippen molar-refractivity contribution < 1.29 is 0 Å². The number of rotatable bonds is 0. The fourth-order valence-electron chi connectivity index (χ4n) is 6.59. The normalized spacial score (nSPS) is 73.5. The van der Waals surface area contributed by atoms with E-state index >= 15 is 0 Å². The minimum Gasteiger partial charge on any atom is -0.0619 e. The van der Waals surface area contributed by atoms with Crippen LogP contribution in [0.2, 0.25) is 0 Å². The Morgan fingerprint density at radius 1 is 1.07 bits per heavy atom. The topological polar surface area (TPSA) is 0 Å². The van der Waals surface area contributed by atoms with Crippen molar-refractivity contribution >= 4 is 0 Å². The van der Waals surface area contributed by atoms with Gasteiger partial charge in [0.2, 0.25) is 0 Å². The third-order valence-corrected chi connectivity index (χ3v) is 7.41. The van der Waals surface area contributed by atoms with Crippen molar-refractivity contribution in [3.05, 3.63) is 0 Å². The first-order valence-electron chi connectivity index (χ1n) is 6.59. The molecular weight excluding hydrogens is 168 g/mol. The highest BCUT2D eigenvalue weighted by molar-refractivity contribution is 5.24. The van der Waals surface area contributed by atoms with E-state index in [1.807, 2.05) is 0 Å². The van der Waals surface area contributed by atoms with Crippen molar-refractivity contribution in [2.45, 2.75) is 46.5 Å². The molecule has 5 saturated carbocycles. The van der Waals surface area contributed by atoms with Crippen LogP contribution >= 0.6 is 0 Å². The zero-order valence-electron chi connectivity index (χ0n) is 9.72. The molecule has 14 heavy (non-hydrogen) atoms. The molecule has 0 aromatic heterocycles. The molecule has 7 atom stereocenters. The van der Waals surface area contributed by atoms with E-state index < -0.39 is 0 Å². The first-order valence-corrected chi connectivity index (χ1v) is 6.59. The maximum absolute atomic E-state index is 2.62. The van der Waals surface area contributed by atoms with E-state index in [1.54, 1.807) is 25.7 Å². The van der Waals surface area contributed by atoms with Crippen molar-refractivity contribution in [3.63, 3.8) is 0 Å². The van der Waals surface area contributed by atoms with E-state index in [4.69, 9.17) is 0 Å². The van der Waals surface area contributed by atoms with Gasteiger partial charge >= 0.3 is 0 Å². The lowest BCUT2D eigenvalue weighted by Crippen LogP contribution is -2.66. The molecule has 0 N–H and O–H groups in total. The summed E-state index contributed by atoms with van der Waals surface area (Å²) in [4.78, 5) is 0. The molecule has 0 heteroatoms. The van der Waals surface area contributed by atoms with Crippen LogP contribution in [0.25, 0.3) is 0 Å². The van der Waals surface area contributed by atoms with Crippen molar-refractivity contribution in [2.24, 2.45) is 40.4 Å². The Morgan fingerprint density at radius 2 is 1.86 bits per heavy atom. The molecular formula is C14H22. The third-order valence-electron chi connectivity index (χ3n) is 7.41. The summed E-state index contributed by atoms with van der Waals surface area (Å²) in [6, 6.07) is 0. The number of hydrogen-bond acceptors (Lipinski definition) is 0. The molecule has 0 saturated heterocycles. The summed E-state index contributed by atoms with van der Waals surface area (Å²) in [6.07, 6.45) is 6.37. The van der Waals surface area contributed by atoms with Crippen LogP contribution < -0.4 is 0 Å². The van der Waals surface area contributed by atoms with Gasteiger partial charge in [0.05, 0.1) is 0 Å². The Labute approximate surface area is 87.5 Å². The van der Waals surface area contributed by atoms with Gasteiger partial charge in [-0.2, -0.15) is 0 Å². The molecule has 0 radical (unpaired) electrons. The van der Waals surface area contributed by atoms with Crippen molar-refractivity contribution in [3.8, 4) is 0 Å². The summed E-state index contributed by atoms with van der Waals surface area (Å²) in [5.74, 6) is 5.51. The summed E-state index contributed by atoms with van der Waals surface area (Å²) in [7, 11) is 0. The first kappa shape index (κ1) is 8.19. The van der Waals surface area contributed by atoms with Crippen molar-refractivity contribution in [1.29, 1.82) is 0 Å². The monoisotopic (exact) mass is 190 g/mol. The van der Waals surface area contributed by atoms with Gasteiger partial charge in [-0.15, -0.1) is 0 Å². The number of hydrogen-bond donors (Lipinski definition) is 0. The van der Waals surface area contributed by atoms with E-state index in [0.29, 0.717) is 0 Å². The van der Waals surface area contributed by atoms with E-state index in [-0.39, 0.29) is 0 Å². The Balaban J connectivity index is 1.87. The summed E-state index contributed by atoms with van der Waals surface area (Å²) in [6.45, 7) is 7.71. The maximum atomic E-state index is 2.62. The molecule has 0 aromatic rings. The molecule has 0 nitrogen and oxygen atoms in total. The molecule has 0 amide bonds. The molecule has 0 aliphatic heterocycles. The molecule has 0 aromatic carbocycles. The van der Waals surface area contributed by atoms with Gasteiger partial charge in [-0.05, 0) is 66.1 Å². The highest BCUT2D eigenvalue weighted by Crippen LogP contribution is 2.83. The lowest BCUT2D eigenvalue weighted by Gasteiger charge is -2.72. The quantitative estimate of drug-likeness (QED) is 0.546. The van der Waals surface area contributed by atoms with Crippen LogP contribution in [0.3, 0.4) is 0 Å². The van der Waals surface area contributed by atoms with Crippen LogP contribution in [0.1, 0.15) is 46.5 Å². The van der Waals surface area contributed by atoms with E-state index in [0.717, 1.165) is 40.4 Å². The molecule has 5 aliphatic rings. The third kappa shape index (κ3) is 0.517. The van der Waals surface area contributed by atoms with Gasteiger partial charge in [0.1, 0.15) is 0 Å². The smallest absolute Gasteiger partial charge is 0.0184 e. The fraction of sp³-hybridized carbons (Fsp3) is 1.00.